The Kier molecular flexibility index (Phi) is 6.02. The first-order valence-corrected chi connectivity index (χ1v) is 11.1. The molecule has 164 valence electrons. The molecule has 0 saturated carbocycles. The van der Waals surface area contributed by atoms with Gasteiger partial charge < -0.3 is 20.9 Å². The van der Waals surface area contributed by atoms with Crippen molar-refractivity contribution in [2.45, 2.75) is 45.7 Å². The molecule has 7 nitrogen and oxygen atoms in total. The molecule has 3 aromatic rings. The number of amides is 1. The van der Waals surface area contributed by atoms with Gasteiger partial charge in [-0.25, -0.2) is 9.78 Å². The van der Waals surface area contributed by atoms with Crippen LogP contribution in [0.2, 0.25) is 0 Å². The zero-order chi connectivity index (χ0) is 22.0. The molecule has 1 fully saturated rings. The van der Waals surface area contributed by atoms with Gasteiger partial charge in [0.15, 0.2) is 5.82 Å². The van der Waals surface area contributed by atoms with Crippen molar-refractivity contribution in [3.8, 4) is 0 Å². The molecular weight excluding hydrogens is 388 g/mol. The number of nitrogens with one attached hydrogen (secondary N) is 1. The van der Waals surface area contributed by atoms with E-state index in [9.17, 15) is 4.79 Å². The summed E-state index contributed by atoms with van der Waals surface area (Å²) in [6.45, 7) is 8.78. The van der Waals surface area contributed by atoms with Crippen LogP contribution in [-0.4, -0.2) is 52.2 Å². The van der Waals surface area contributed by atoms with Gasteiger partial charge >= 0.3 is 6.03 Å². The van der Waals surface area contributed by atoms with Gasteiger partial charge in [0, 0.05) is 55.2 Å². The van der Waals surface area contributed by atoms with Crippen molar-refractivity contribution in [2.75, 3.05) is 35.6 Å². The third-order valence-electron chi connectivity index (χ3n) is 5.94. The molecule has 4 rings (SSSR count). The Balaban J connectivity index is 1.47. The van der Waals surface area contributed by atoms with Gasteiger partial charge in [-0.2, -0.15) is 0 Å². The Morgan fingerprint density at radius 2 is 2.03 bits per heavy atom. The first kappa shape index (κ1) is 21.0. The van der Waals surface area contributed by atoms with E-state index in [0.29, 0.717) is 17.8 Å². The lowest BCUT2D eigenvalue weighted by Crippen LogP contribution is -2.48. The number of benzene rings is 1. The lowest BCUT2D eigenvalue weighted by atomic mass is 10.0. The minimum absolute atomic E-state index is 0.0290. The van der Waals surface area contributed by atoms with Crippen molar-refractivity contribution < 1.29 is 4.79 Å². The highest BCUT2D eigenvalue weighted by atomic mass is 16.2. The van der Waals surface area contributed by atoms with Gasteiger partial charge in [-0.3, -0.25) is 4.57 Å². The van der Waals surface area contributed by atoms with E-state index < -0.39 is 0 Å². The maximum absolute atomic E-state index is 13.2. The summed E-state index contributed by atoms with van der Waals surface area (Å²) in [5, 5.41) is 4.50. The van der Waals surface area contributed by atoms with Gasteiger partial charge in [0.05, 0.1) is 11.2 Å². The highest BCUT2D eigenvalue weighted by Gasteiger charge is 2.29. The minimum atomic E-state index is 0.0290. The first-order chi connectivity index (χ1) is 15.0. The lowest BCUT2D eigenvalue weighted by molar-refractivity contribution is 0.183. The summed E-state index contributed by atoms with van der Waals surface area (Å²) >= 11 is 0. The Hall–Kier alpha value is -3.22. The van der Waals surface area contributed by atoms with E-state index in [2.05, 4.69) is 42.0 Å². The van der Waals surface area contributed by atoms with E-state index in [-0.39, 0.29) is 6.03 Å². The smallest absolute Gasteiger partial charge is 0.328 e. The molecule has 0 radical (unpaired) electrons. The maximum Gasteiger partial charge on any atom is 0.328 e. The summed E-state index contributed by atoms with van der Waals surface area (Å²) in [6.07, 6.45) is 5.54. The van der Waals surface area contributed by atoms with Crippen LogP contribution in [0.5, 0.6) is 0 Å². The highest BCUT2D eigenvalue weighted by molar-refractivity contribution is 5.93. The number of pyridine rings is 1. The number of anilines is 3. The second kappa shape index (κ2) is 8.88. The van der Waals surface area contributed by atoms with Crippen molar-refractivity contribution in [1.82, 2.24) is 14.5 Å². The van der Waals surface area contributed by atoms with Crippen molar-refractivity contribution in [2.24, 2.45) is 0 Å². The van der Waals surface area contributed by atoms with E-state index in [0.717, 1.165) is 54.9 Å². The molecule has 3 heterocycles. The van der Waals surface area contributed by atoms with E-state index >= 15 is 0 Å². The Morgan fingerprint density at radius 3 is 2.74 bits per heavy atom. The standard InChI is InChI=1S/C24H32N6O/c1-4-29(23-21(27-17(2)3)6-5-12-26-23)20-10-13-28(14-11-20)24(31)30-15-9-18-16-19(25)7-8-22(18)30/h5-9,12,15-17,20,27H,4,10-11,13-14,25H2,1-3H3. The molecule has 1 amide bonds. The molecule has 0 aliphatic carbocycles. The molecule has 2 aromatic heterocycles. The maximum atomic E-state index is 13.2. The normalized spacial score (nSPS) is 14.9. The second-order valence-corrected chi connectivity index (χ2v) is 8.46. The molecule has 0 spiro atoms. The highest BCUT2D eigenvalue weighted by Crippen LogP contribution is 2.29. The van der Waals surface area contributed by atoms with Crippen molar-refractivity contribution in [3.63, 3.8) is 0 Å². The number of carbonyl (C=O) groups is 1. The van der Waals surface area contributed by atoms with E-state index in [1.807, 2.05) is 47.6 Å². The zero-order valence-electron chi connectivity index (χ0n) is 18.6. The average molecular weight is 421 g/mol. The molecule has 3 N–H and O–H groups in total. The van der Waals surface area contributed by atoms with Crippen LogP contribution in [0.4, 0.5) is 22.0 Å². The summed E-state index contributed by atoms with van der Waals surface area (Å²) in [4.78, 5) is 22.2. The summed E-state index contributed by atoms with van der Waals surface area (Å²) in [5.41, 5.74) is 8.55. The number of nitrogen functional groups attached to an aromatic ring is 1. The van der Waals surface area contributed by atoms with Crippen LogP contribution in [0.1, 0.15) is 33.6 Å². The van der Waals surface area contributed by atoms with E-state index in [4.69, 9.17) is 5.73 Å². The predicted molar refractivity (Wildman–Crippen MR) is 128 cm³/mol. The van der Waals surface area contributed by atoms with Crippen LogP contribution in [0.25, 0.3) is 10.9 Å². The summed E-state index contributed by atoms with van der Waals surface area (Å²) in [7, 11) is 0. The predicted octanol–water partition coefficient (Wildman–Crippen LogP) is 4.40. The molecule has 1 aliphatic rings. The van der Waals surface area contributed by atoms with Crippen molar-refractivity contribution in [1.29, 1.82) is 0 Å². The van der Waals surface area contributed by atoms with Gasteiger partial charge in [-0.15, -0.1) is 0 Å². The van der Waals surface area contributed by atoms with Crippen LogP contribution >= 0.6 is 0 Å². The summed E-state index contributed by atoms with van der Waals surface area (Å²) < 4.78 is 1.73. The molecule has 0 bridgehead atoms. The van der Waals surface area contributed by atoms with Crippen molar-refractivity contribution >= 4 is 34.1 Å². The van der Waals surface area contributed by atoms with Gasteiger partial charge in [-0.1, -0.05) is 0 Å². The van der Waals surface area contributed by atoms with Gasteiger partial charge in [0.1, 0.15) is 0 Å². The van der Waals surface area contributed by atoms with Crippen molar-refractivity contribution in [3.05, 3.63) is 48.8 Å². The number of carbonyl (C=O) groups excluding carboxylic acids is 1. The SMILES string of the molecule is CCN(c1ncccc1NC(C)C)C1CCN(C(=O)n2ccc3cc(N)ccc32)CC1. The Morgan fingerprint density at radius 1 is 1.26 bits per heavy atom. The monoisotopic (exact) mass is 420 g/mol. The topological polar surface area (TPSA) is 79.4 Å². The lowest BCUT2D eigenvalue weighted by Gasteiger charge is -2.39. The third kappa shape index (κ3) is 4.31. The summed E-state index contributed by atoms with van der Waals surface area (Å²) in [6, 6.07) is 12.4. The van der Waals surface area contributed by atoms with Crippen LogP contribution < -0.4 is 16.0 Å². The average Bonchev–Trinajstić information content (AvgIpc) is 3.18. The van der Waals surface area contributed by atoms with E-state index in [1.165, 1.54) is 0 Å². The van der Waals surface area contributed by atoms with Gasteiger partial charge in [-0.05, 0) is 70.0 Å². The molecule has 1 aliphatic heterocycles. The van der Waals surface area contributed by atoms with Crippen LogP contribution in [0.3, 0.4) is 0 Å². The third-order valence-corrected chi connectivity index (χ3v) is 5.94. The Bertz CT molecular complexity index is 1050. The van der Waals surface area contributed by atoms with Crippen LogP contribution in [0, 0.1) is 0 Å². The molecular formula is C24H32N6O. The number of aromatic nitrogens is 2. The fourth-order valence-electron chi connectivity index (χ4n) is 4.48. The molecule has 1 saturated heterocycles. The number of nitrogens with two attached hydrogens (primary N) is 1. The summed E-state index contributed by atoms with van der Waals surface area (Å²) in [5.74, 6) is 0.998. The Labute approximate surface area is 183 Å². The number of likely N-dealkylation sites (tertiary alicyclic amines) is 1. The second-order valence-electron chi connectivity index (χ2n) is 8.46. The van der Waals surface area contributed by atoms with Gasteiger partial charge in [0.25, 0.3) is 0 Å². The fraction of sp³-hybridized carbons (Fsp3) is 0.417. The van der Waals surface area contributed by atoms with Gasteiger partial charge in [0.2, 0.25) is 0 Å². The van der Waals surface area contributed by atoms with Crippen LogP contribution in [-0.2, 0) is 0 Å². The number of rotatable bonds is 5. The zero-order valence-corrected chi connectivity index (χ0v) is 18.6. The number of nitrogens with zero attached hydrogens (tertiary/aromatic N) is 4. The number of fused-ring (bicyclic) bond motifs is 1. The number of hydrogen-bond acceptors (Lipinski definition) is 5. The van der Waals surface area contributed by atoms with E-state index in [1.54, 1.807) is 4.57 Å². The quantitative estimate of drug-likeness (QED) is 0.598. The molecule has 0 unspecified atom stereocenters. The number of hydrogen-bond donors (Lipinski definition) is 2. The molecule has 1 aromatic carbocycles. The molecule has 31 heavy (non-hydrogen) atoms. The molecule has 0 atom stereocenters. The molecule has 7 heteroatoms. The first-order valence-electron chi connectivity index (χ1n) is 11.1. The largest absolute Gasteiger partial charge is 0.399 e. The number of piperidine rings is 1. The van der Waals surface area contributed by atoms with Crippen LogP contribution in [0.15, 0.2) is 48.8 Å². The minimum Gasteiger partial charge on any atom is -0.399 e. The fourth-order valence-corrected chi connectivity index (χ4v) is 4.48.